The Morgan fingerprint density at radius 2 is 2.05 bits per heavy atom. The molecular formula is C15H19ClN2O2. The van der Waals surface area contributed by atoms with Gasteiger partial charge in [-0.2, -0.15) is 0 Å². The van der Waals surface area contributed by atoms with E-state index in [1.54, 1.807) is 11.0 Å². The molecule has 1 aromatic rings. The number of rotatable bonds is 2. The van der Waals surface area contributed by atoms with Crippen LogP contribution in [0.1, 0.15) is 25.8 Å². The van der Waals surface area contributed by atoms with Gasteiger partial charge in [0.15, 0.2) is 0 Å². The number of hydrogen-bond acceptors (Lipinski definition) is 2. The zero-order valence-electron chi connectivity index (χ0n) is 11.9. The fourth-order valence-corrected chi connectivity index (χ4v) is 2.43. The van der Waals surface area contributed by atoms with Crippen molar-refractivity contribution < 1.29 is 9.59 Å². The summed E-state index contributed by atoms with van der Waals surface area (Å²) in [6.07, 6.45) is 0.306. The predicted molar refractivity (Wildman–Crippen MR) is 79.9 cm³/mol. The molecule has 0 spiro atoms. The number of aryl methyl sites for hydroxylation is 1. The molecule has 20 heavy (non-hydrogen) atoms. The monoisotopic (exact) mass is 294 g/mol. The molecule has 0 aromatic heterocycles. The van der Waals surface area contributed by atoms with Crippen molar-refractivity contribution in [2.24, 2.45) is 5.92 Å². The molecule has 4 nitrogen and oxygen atoms in total. The van der Waals surface area contributed by atoms with Gasteiger partial charge in [0.2, 0.25) is 11.8 Å². The molecule has 1 aliphatic heterocycles. The van der Waals surface area contributed by atoms with Crippen molar-refractivity contribution in [1.29, 1.82) is 0 Å². The quantitative estimate of drug-likeness (QED) is 0.911. The van der Waals surface area contributed by atoms with Crippen LogP contribution in [0.4, 0.5) is 5.69 Å². The number of anilines is 1. The Morgan fingerprint density at radius 1 is 1.35 bits per heavy atom. The van der Waals surface area contributed by atoms with Gasteiger partial charge in [-0.1, -0.05) is 31.5 Å². The molecule has 1 fully saturated rings. The highest BCUT2D eigenvalue weighted by Gasteiger charge is 2.32. The molecule has 2 rings (SSSR count). The molecule has 1 N–H and O–H groups in total. The van der Waals surface area contributed by atoms with Crippen molar-refractivity contribution >= 4 is 29.1 Å². The maximum Gasteiger partial charge on any atom is 0.249 e. The van der Waals surface area contributed by atoms with Crippen molar-refractivity contribution in [2.75, 3.05) is 11.4 Å². The number of amides is 2. The first-order chi connectivity index (χ1) is 9.40. The second-order valence-corrected chi connectivity index (χ2v) is 5.87. The third kappa shape index (κ3) is 2.96. The van der Waals surface area contributed by atoms with Crippen LogP contribution in [-0.2, 0) is 9.59 Å². The Balaban J connectivity index is 2.35. The molecule has 0 saturated carbocycles. The molecule has 0 bridgehead atoms. The second kappa shape index (κ2) is 5.83. The van der Waals surface area contributed by atoms with Crippen LogP contribution >= 0.6 is 11.6 Å². The third-order valence-corrected chi connectivity index (χ3v) is 3.95. The lowest BCUT2D eigenvalue weighted by atomic mass is 10.0. The minimum atomic E-state index is -0.481. The van der Waals surface area contributed by atoms with Crippen molar-refractivity contribution in [3.8, 4) is 0 Å². The van der Waals surface area contributed by atoms with Crippen LogP contribution in [0.5, 0.6) is 0 Å². The van der Waals surface area contributed by atoms with Gasteiger partial charge >= 0.3 is 0 Å². The van der Waals surface area contributed by atoms with E-state index in [0.717, 1.165) is 11.3 Å². The van der Waals surface area contributed by atoms with E-state index >= 15 is 0 Å². The van der Waals surface area contributed by atoms with Gasteiger partial charge < -0.3 is 10.2 Å². The summed E-state index contributed by atoms with van der Waals surface area (Å²) in [6, 6.07) is 5.05. The molecule has 108 valence electrons. The average Bonchev–Trinajstić information content (AvgIpc) is 2.53. The van der Waals surface area contributed by atoms with Gasteiger partial charge in [-0.3, -0.25) is 9.59 Å². The van der Waals surface area contributed by atoms with Gasteiger partial charge in [0.05, 0.1) is 0 Å². The van der Waals surface area contributed by atoms with E-state index < -0.39 is 6.04 Å². The van der Waals surface area contributed by atoms with Gasteiger partial charge in [0.1, 0.15) is 6.04 Å². The zero-order valence-corrected chi connectivity index (χ0v) is 12.7. The molecule has 1 saturated heterocycles. The number of halogens is 1. The molecule has 0 aliphatic carbocycles. The summed E-state index contributed by atoms with van der Waals surface area (Å²) in [5, 5.41) is 3.42. The predicted octanol–water partition coefficient (Wildman–Crippen LogP) is 2.53. The molecule has 1 aliphatic rings. The van der Waals surface area contributed by atoms with Crippen LogP contribution in [0.15, 0.2) is 18.2 Å². The summed E-state index contributed by atoms with van der Waals surface area (Å²) in [6.45, 7) is 6.15. The number of carbonyl (C=O) groups is 2. The van der Waals surface area contributed by atoms with E-state index in [1.807, 2.05) is 32.9 Å². The van der Waals surface area contributed by atoms with Gasteiger partial charge in [0.25, 0.3) is 0 Å². The molecule has 1 unspecified atom stereocenters. The average molecular weight is 295 g/mol. The van der Waals surface area contributed by atoms with E-state index in [0.29, 0.717) is 18.0 Å². The summed E-state index contributed by atoms with van der Waals surface area (Å²) in [4.78, 5) is 26.0. The SMILES string of the molecule is Cc1ccc(N2CCC(=O)NC(C(C)C)C2=O)cc1Cl. The maximum atomic E-state index is 12.6. The van der Waals surface area contributed by atoms with Crippen LogP contribution in [0.3, 0.4) is 0 Å². The number of carbonyl (C=O) groups excluding carboxylic acids is 2. The van der Waals surface area contributed by atoms with Gasteiger partial charge in [-0.25, -0.2) is 0 Å². The van der Waals surface area contributed by atoms with Crippen molar-refractivity contribution in [2.45, 2.75) is 33.2 Å². The van der Waals surface area contributed by atoms with Crippen molar-refractivity contribution in [3.63, 3.8) is 0 Å². The second-order valence-electron chi connectivity index (χ2n) is 5.46. The van der Waals surface area contributed by atoms with Crippen molar-refractivity contribution in [3.05, 3.63) is 28.8 Å². The summed E-state index contributed by atoms with van der Waals surface area (Å²) < 4.78 is 0. The normalized spacial score (nSPS) is 20.1. The summed E-state index contributed by atoms with van der Waals surface area (Å²) >= 11 is 6.13. The molecular weight excluding hydrogens is 276 g/mol. The first-order valence-electron chi connectivity index (χ1n) is 6.77. The van der Waals surface area contributed by atoms with E-state index in [9.17, 15) is 9.59 Å². The van der Waals surface area contributed by atoms with Gasteiger partial charge in [-0.05, 0) is 30.5 Å². The molecule has 1 atom stereocenters. The van der Waals surface area contributed by atoms with Crippen LogP contribution in [0.25, 0.3) is 0 Å². The van der Waals surface area contributed by atoms with Crippen LogP contribution < -0.4 is 10.2 Å². The minimum absolute atomic E-state index is 0.0490. The lowest BCUT2D eigenvalue weighted by Gasteiger charge is -2.26. The lowest BCUT2D eigenvalue weighted by Crippen LogP contribution is -2.47. The first kappa shape index (κ1) is 14.9. The topological polar surface area (TPSA) is 49.4 Å². The van der Waals surface area contributed by atoms with Gasteiger partial charge in [-0.15, -0.1) is 0 Å². The Kier molecular flexibility index (Phi) is 4.33. The smallest absolute Gasteiger partial charge is 0.249 e. The summed E-state index contributed by atoms with van der Waals surface area (Å²) in [5.41, 5.74) is 1.71. The first-order valence-corrected chi connectivity index (χ1v) is 7.15. The summed E-state index contributed by atoms with van der Waals surface area (Å²) in [7, 11) is 0. The zero-order chi connectivity index (χ0) is 14.9. The van der Waals surface area contributed by atoms with Crippen LogP contribution in [-0.4, -0.2) is 24.4 Å². The Bertz CT molecular complexity index is 543. The highest BCUT2D eigenvalue weighted by molar-refractivity contribution is 6.31. The largest absolute Gasteiger partial charge is 0.344 e. The van der Waals surface area contributed by atoms with E-state index in [1.165, 1.54) is 0 Å². The fraction of sp³-hybridized carbons (Fsp3) is 0.467. The molecule has 2 amide bonds. The maximum absolute atomic E-state index is 12.6. The minimum Gasteiger partial charge on any atom is -0.344 e. The lowest BCUT2D eigenvalue weighted by molar-refractivity contribution is -0.126. The summed E-state index contributed by atoms with van der Waals surface area (Å²) in [5.74, 6) is -0.114. The Hall–Kier alpha value is -1.55. The van der Waals surface area contributed by atoms with E-state index in [2.05, 4.69) is 5.32 Å². The molecule has 1 heterocycles. The standard InChI is InChI=1S/C15H19ClN2O2/c1-9(2)14-15(20)18(7-6-13(19)17-14)11-5-4-10(3)12(16)8-11/h4-5,8-9,14H,6-7H2,1-3H3,(H,17,19). The van der Waals surface area contributed by atoms with Gasteiger partial charge in [0, 0.05) is 23.7 Å². The Labute approximate surface area is 124 Å². The van der Waals surface area contributed by atoms with Crippen LogP contribution in [0.2, 0.25) is 5.02 Å². The molecule has 5 heteroatoms. The fourth-order valence-electron chi connectivity index (χ4n) is 2.26. The van der Waals surface area contributed by atoms with E-state index in [-0.39, 0.29) is 17.7 Å². The third-order valence-electron chi connectivity index (χ3n) is 3.54. The van der Waals surface area contributed by atoms with E-state index in [4.69, 9.17) is 11.6 Å². The number of benzene rings is 1. The number of hydrogen-bond donors (Lipinski definition) is 1. The van der Waals surface area contributed by atoms with Crippen LogP contribution in [0, 0.1) is 12.8 Å². The molecule has 0 radical (unpaired) electrons. The highest BCUT2D eigenvalue weighted by atomic mass is 35.5. The number of nitrogens with one attached hydrogen (secondary N) is 1. The van der Waals surface area contributed by atoms with Crippen molar-refractivity contribution in [1.82, 2.24) is 5.32 Å². The number of nitrogens with zero attached hydrogens (tertiary/aromatic N) is 1. The Morgan fingerprint density at radius 3 is 2.65 bits per heavy atom. The molecule has 1 aromatic carbocycles. The highest BCUT2D eigenvalue weighted by Crippen LogP contribution is 2.25.